The smallest absolute Gasteiger partial charge is 0.387 e. The van der Waals surface area contributed by atoms with Crippen molar-refractivity contribution in [2.45, 2.75) is 13.5 Å². The first-order chi connectivity index (χ1) is 13.6. The van der Waals surface area contributed by atoms with Crippen LogP contribution >= 0.6 is 11.3 Å². The fourth-order valence-corrected chi connectivity index (χ4v) is 3.33. The molecular weight excluding hydrogens is 382 g/mol. The number of hydrogen-bond donors (Lipinski definition) is 0. The summed E-state index contributed by atoms with van der Waals surface area (Å²) in [6.07, 6.45) is 1.68. The van der Waals surface area contributed by atoms with Crippen molar-refractivity contribution < 1.29 is 13.5 Å². The molecule has 0 spiro atoms. The Bertz CT molecular complexity index is 1060. The summed E-state index contributed by atoms with van der Waals surface area (Å²) >= 11 is 1.44. The van der Waals surface area contributed by atoms with E-state index in [-0.39, 0.29) is 5.75 Å². The molecule has 2 aromatic carbocycles. The first kappa shape index (κ1) is 19.5. The van der Waals surface area contributed by atoms with Crippen LogP contribution in [0.4, 0.5) is 8.78 Å². The van der Waals surface area contributed by atoms with E-state index in [0.29, 0.717) is 12.1 Å². The van der Waals surface area contributed by atoms with Crippen molar-refractivity contribution in [3.63, 3.8) is 0 Å². The Kier molecular flexibility index (Phi) is 6.29. The molecule has 0 saturated carbocycles. The molecule has 0 aliphatic rings. The van der Waals surface area contributed by atoms with Crippen molar-refractivity contribution in [3.8, 4) is 23.1 Å². The van der Waals surface area contributed by atoms with Crippen molar-refractivity contribution in [1.29, 1.82) is 5.26 Å². The van der Waals surface area contributed by atoms with Gasteiger partial charge in [-0.1, -0.05) is 12.1 Å². The zero-order valence-corrected chi connectivity index (χ0v) is 15.7. The Morgan fingerprint density at radius 2 is 1.89 bits per heavy atom. The molecule has 3 rings (SSSR count). The Morgan fingerprint density at radius 1 is 1.18 bits per heavy atom. The van der Waals surface area contributed by atoms with Gasteiger partial charge >= 0.3 is 6.61 Å². The predicted molar refractivity (Wildman–Crippen MR) is 105 cm³/mol. The molecule has 0 bridgehead atoms. The van der Waals surface area contributed by atoms with E-state index in [2.05, 4.69) is 20.9 Å². The lowest BCUT2D eigenvalue weighted by Crippen LogP contribution is -2.12. The third-order valence-corrected chi connectivity index (χ3v) is 4.57. The normalized spacial score (nSPS) is 11.9. The van der Waals surface area contributed by atoms with Crippen LogP contribution in [-0.4, -0.2) is 24.0 Å². The molecule has 5 nitrogen and oxygen atoms in total. The van der Waals surface area contributed by atoms with Crippen LogP contribution < -0.4 is 9.54 Å². The molecule has 0 fully saturated rings. The number of nitrogens with zero attached hydrogens (tertiary/aromatic N) is 4. The van der Waals surface area contributed by atoms with Crippen LogP contribution in [-0.2, 0) is 0 Å². The average Bonchev–Trinajstić information content (AvgIpc) is 3.10. The number of thiazole rings is 1. The average molecular weight is 398 g/mol. The summed E-state index contributed by atoms with van der Waals surface area (Å²) in [4.78, 5) is 5.17. The summed E-state index contributed by atoms with van der Waals surface area (Å²) in [5.74, 6) is 0.0973. The largest absolute Gasteiger partial charge is 0.435 e. The molecule has 28 heavy (non-hydrogen) atoms. The summed E-state index contributed by atoms with van der Waals surface area (Å²) in [7, 11) is 0. The number of rotatable bonds is 6. The van der Waals surface area contributed by atoms with Gasteiger partial charge in [-0.25, -0.2) is 4.68 Å². The van der Waals surface area contributed by atoms with E-state index < -0.39 is 6.61 Å². The third kappa shape index (κ3) is 4.69. The predicted octanol–water partition coefficient (Wildman–Crippen LogP) is 4.49. The monoisotopic (exact) mass is 398 g/mol. The second kappa shape index (κ2) is 9.06. The summed E-state index contributed by atoms with van der Waals surface area (Å²) < 4.78 is 30.8. The first-order valence-corrected chi connectivity index (χ1v) is 9.29. The molecule has 0 aliphatic carbocycles. The van der Waals surface area contributed by atoms with Crippen LogP contribution in [0.2, 0.25) is 0 Å². The minimum Gasteiger partial charge on any atom is -0.435 e. The summed E-state index contributed by atoms with van der Waals surface area (Å²) in [5, 5.41) is 15.3. The standard InChI is InChI=1S/C20H16F2N4OS/c1-2-24-20-26(25-12-15-5-3-14(11-23)4-6-15)18(13-28-20)16-7-9-17(10-8-16)27-19(21)22/h3-10,12-13,19H,2H2,1H3/b24-20?,25-12-. The molecule has 1 heterocycles. The number of nitriles is 1. The maximum atomic E-state index is 12.3. The number of ether oxygens (including phenoxy) is 1. The zero-order valence-electron chi connectivity index (χ0n) is 14.9. The second-order valence-electron chi connectivity index (χ2n) is 5.57. The lowest BCUT2D eigenvalue weighted by Gasteiger charge is -2.06. The highest BCUT2D eigenvalue weighted by Gasteiger charge is 2.09. The second-order valence-corrected chi connectivity index (χ2v) is 6.41. The van der Waals surface area contributed by atoms with Crippen LogP contribution in [0.3, 0.4) is 0 Å². The highest BCUT2D eigenvalue weighted by molar-refractivity contribution is 7.07. The third-order valence-electron chi connectivity index (χ3n) is 3.72. The van der Waals surface area contributed by atoms with Crippen LogP contribution in [0.5, 0.6) is 5.75 Å². The Labute approximate surface area is 164 Å². The molecule has 0 aliphatic heterocycles. The van der Waals surface area contributed by atoms with E-state index in [4.69, 9.17) is 5.26 Å². The van der Waals surface area contributed by atoms with Gasteiger partial charge in [0.15, 0.2) is 0 Å². The molecule has 0 N–H and O–H groups in total. The molecule has 0 unspecified atom stereocenters. The summed E-state index contributed by atoms with van der Waals surface area (Å²) in [5.41, 5.74) is 3.00. The van der Waals surface area contributed by atoms with E-state index in [9.17, 15) is 8.78 Å². The zero-order chi connectivity index (χ0) is 19.9. The number of alkyl halides is 2. The molecule has 1 aromatic heterocycles. The minimum absolute atomic E-state index is 0.0973. The first-order valence-electron chi connectivity index (χ1n) is 8.41. The SMILES string of the molecule is CCN=c1scc(-c2ccc(OC(F)F)cc2)n1/N=C\c1ccc(C#N)cc1. The van der Waals surface area contributed by atoms with Crippen molar-refractivity contribution in [1.82, 2.24) is 4.68 Å². The van der Waals surface area contributed by atoms with Gasteiger partial charge in [-0.05, 0) is 48.9 Å². The van der Waals surface area contributed by atoms with Gasteiger partial charge in [-0.15, -0.1) is 11.3 Å². The van der Waals surface area contributed by atoms with Gasteiger partial charge < -0.3 is 4.74 Å². The van der Waals surface area contributed by atoms with Gasteiger partial charge in [0.2, 0.25) is 4.80 Å². The van der Waals surface area contributed by atoms with Crippen molar-refractivity contribution in [3.05, 3.63) is 69.8 Å². The van der Waals surface area contributed by atoms with Crippen molar-refractivity contribution >= 4 is 17.6 Å². The quantitative estimate of drug-likeness (QED) is 0.574. The summed E-state index contributed by atoms with van der Waals surface area (Å²) in [6.45, 7) is -0.318. The summed E-state index contributed by atoms with van der Waals surface area (Å²) in [6, 6.07) is 15.5. The molecule has 0 radical (unpaired) electrons. The van der Waals surface area contributed by atoms with Crippen LogP contribution in [0.15, 0.2) is 64.0 Å². The van der Waals surface area contributed by atoms with Crippen LogP contribution in [0.25, 0.3) is 11.3 Å². The topological polar surface area (TPSA) is 62.7 Å². The lowest BCUT2D eigenvalue weighted by atomic mass is 10.1. The molecule has 3 aromatic rings. The van der Waals surface area contributed by atoms with E-state index >= 15 is 0 Å². The molecule has 0 amide bonds. The van der Waals surface area contributed by atoms with Gasteiger partial charge in [-0.3, -0.25) is 4.99 Å². The van der Waals surface area contributed by atoms with Gasteiger partial charge in [0.05, 0.1) is 23.5 Å². The van der Waals surface area contributed by atoms with Crippen LogP contribution in [0, 0.1) is 11.3 Å². The number of hydrogen-bond acceptors (Lipinski definition) is 5. The molecule has 142 valence electrons. The number of benzene rings is 2. The van der Waals surface area contributed by atoms with E-state index in [0.717, 1.165) is 21.6 Å². The van der Waals surface area contributed by atoms with Crippen molar-refractivity contribution in [2.24, 2.45) is 10.1 Å². The lowest BCUT2D eigenvalue weighted by molar-refractivity contribution is -0.0498. The van der Waals surface area contributed by atoms with E-state index in [1.165, 1.54) is 23.5 Å². The van der Waals surface area contributed by atoms with Gasteiger partial charge in [0.1, 0.15) is 5.75 Å². The van der Waals surface area contributed by atoms with Gasteiger partial charge in [0.25, 0.3) is 0 Å². The number of aromatic nitrogens is 1. The van der Waals surface area contributed by atoms with Crippen LogP contribution in [0.1, 0.15) is 18.1 Å². The molecule has 0 atom stereocenters. The number of halogens is 2. The van der Waals surface area contributed by atoms with E-state index in [1.54, 1.807) is 35.2 Å². The molecular formula is C20H16F2N4OS. The van der Waals surface area contributed by atoms with Crippen molar-refractivity contribution in [2.75, 3.05) is 6.54 Å². The Balaban J connectivity index is 1.95. The van der Waals surface area contributed by atoms with Gasteiger partial charge in [-0.2, -0.15) is 19.1 Å². The van der Waals surface area contributed by atoms with Gasteiger partial charge in [0, 0.05) is 17.5 Å². The minimum atomic E-state index is -2.86. The maximum Gasteiger partial charge on any atom is 0.387 e. The maximum absolute atomic E-state index is 12.3. The molecule has 0 saturated heterocycles. The molecule has 8 heteroatoms. The van der Waals surface area contributed by atoms with E-state index in [1.807, 2.05) is 24.4 Å². The Morgan fingerprint density at radius 3 is 2.50 bits per heavy atom. The highest BCUT2D eigenvalue weighted by Crippen LogP contribution is 2.24. The highest BCUT2D eigenvalue weighted by atomic mass is 32.1. The fraction of sp³-hybridized carbons (Fsp3) is 0.150. The Hall–Kier alpha value is -3.31. The fourth-order valence-electron chi connectivity index (χ4n) is 2.43.